The van der Waals surface area contributed by atoms with Crippen molar-refractivity contribution >= 4 is 0 Å². The Hall–Kier alpha value is -1.05. The molecule has 0 radical (unpaired) electrons. The van der Waals surface area contributed by atoms with Crippen LogP contribution in [0.15, 0.2) is 12.1 Å². The largest absolute Gasteiger partial charge is 0.494 e. The molecule has 0 spiro atoms. The van der Waals surface area contributed by atoms with Crippen molar-refractivity contribution in [3.05, 3.63) is 29.1 Å². The SMILES string of the molecule is COc1cc(C(C)C)cc(C)c1F. The normalized spacial score (nSPS) is 10.6. The zero-order valence-electron chi connectivity index (χ0n) is 8.52. The van der Waals surface area contributed by atoms with Crippen LogP contribution < -0.4 is 4.74 Å². The molecular weight excluding hydrogens is 167 g/mol. The Bertz CT molecular complexity index is 305. The van der Waals surface area contributed by atoms with Crippen LogP contribution in [-0.4, -0.2) is 7.11 Å². The van der Waals surface area contributed by atoms with Gasteiger partial charge in [-0.2, -0.15) is 0 Å². The second kappa shape index (κ2) is 3.77. The van der Waals surface area contributed by atoms with Crippen molar-refractivity contribution in [1.29, 1.82) is 0 Å². The molecule has 0 fully saturated rings. The van der Waals surface area contributed by atoms with Crippen molar-refractivity contribution < 1.29 is 9.13 Å². The third kappa shape index (κ3) is 2.00. The second-order valence-corrected chi connectivity index (χ2v) is 3.51. The summed E-state index contributed by atoms with van der Waals surface area (Å²) >= 11 is 0. The van der Waals surface area contributed by atoms with E-state index in [9.17, 15) is 4.39 Å². The summed E-state index contributed by atoms with van der Waals surface area (Å²) in [4.78, 5) is 0. The molecular formula is C11H15FO. The van der Waals surface area contributed by atoms with E-state index in [2.05, 4.69) is 13.8 Å². The van der Waals surface area contributed by atoms with Gasteiger partial charge in [0.2, 0.25) is 0 Å². The van der Waals surface area contributed by atoms with Gasteiger partial charge in [0.15, 0.2) is 11.6 Å². The Balaban J connectivity index is 3.22. The molecule has 1 aromatic carbocycles. The molecule has 0 aliphatic rings. The number of hydrogen-bond acceptors (Lipinski definition) is 1. The van der Waals surface area contributed by atoms with E-state index in [1.165, 1.54) is 7.11 Å². The first kappa shape index (κ1) is 10.0. The van der Waals surface area contributed by atoms with E-state index < -0.39 is 0 Å². The monoisotopic (exact) mass is 182 g/mol. The van der Waals surface area contributed by atoms with Gasteiger partial charge < -0.3 is 4.74 Å². The van der Waals surface area contributed by atoms with E-state index >= 15 is 0 Å². The first-order valence-corrected chi connectivity index (χ1v) is 4.40. The zero-order chi connectivity index (χ0) is 10.0. The van der Waals surface area contributed by atoms with E-state index in [4.69, 9.17) is 4.74 Å². The lowest BCUT2D eigenvalue weighted by atomic mass is 10.0. The van der Waals surface area contributed by atoms with Crippen LogP contribution in [0.4, 0.5) is 4.39 Å². The van der Waals surface area contributed by atoms with E-state index in [-0.39, 0.29) is 5.82 Å². The number of hydrogen-bond donors (Lipinski definition) is 0. The van der Waals surface area contributed by atoms with Crippen LogP contribution in [0.1, 0.15) is 30.9 Å². The predicted octanol–water partition coefficient (Wildman–Crippen LogP) is 3.27. The maximum absolute atomic E-state index is 13.3. The van der Waals surface area contributed by atoms with E-state index in [0.717, 1.165) is 5.56 Å². The van der Waals surface area contributed by atoms with Gasteiger partial charge in [-0.15, -0.1) is 0 Å². The van der Waals surface area contributed by atoms with Gasteiger partial charge >= 0.3 is 0 Å². The van der Waals surface area contributed by atoms with Crippen LogP contribution in [0, 0.1) is 12.7 Å². The molecule has 0 saturated heterocycles. The van der Waals surface area contributed by atoms with Crippen LogP contribution in [0.5, 0.6) is 5.75 Å². The highest BCUT2D eigenvalue weighted by atomic mass is 19.1. The minimum absolute atomic E-state index is 0.257. The smallest absolute Gasteiger partial charge is 0.167 e. The van der Waals surface area contributed by atoms with Crippen molar-refractivity contribution in [2.45, 2.75) is 26.7 Å². The van der Waals surface area contributed by atoms with Crippen molar-refractivity contribution in [3.8, 4) is 5.75 Å². The number of ether oxygens (including phenoxy) is 1. The van der Waals surface area contributed by atoms with E-state index in [1.807, 2.05) is 6.07 Å². The predicted molar refractivity (Wildman–Crippen MR) is 51.8 cm³/mol. The molecule has 0 aromatic heterocycles. The second-order valence-electron chi connectivity index (χ2n) is 3.51. The Labute approximate surface area is 78.5 Å². The third-order valence-electron chi connectivity index (χ3n) is 2.13. The van der Waals surface area contributed by atoms with Crippen LogP contribution in [0.25, 0.3) is 0 Å². The van der Waals surface area contributed by atoms with Crippen molar-refractivity contribution in [2.24, 2.45) is 0 Å². The lowest BCUT2D eigenvalue weighted by Crippen LogP contribution is -1.96. The maximum atomic E-state index is 13.3. The van der Waals surface area contributed by atoms with Crippen molar-refractivity contribution in [1.82, 2.24) is 0 Å². The average Bonchev–Trinajstić information content (AvgIpc) is 2.09. The average molecular weight is 182 g/mol. The van der Waals surface area contributed by atoms with Gasteiger partial charge in [0.1, 0.15) is 0 Å². The third-order valence-corrected chi connectivity index (χ3v) is 2.13. The molecule has 0 bridgehead atoms. The summed E-state index contributed by atoms with van der Waals surface area (Å²) in [6, 6.07) is 3.62. The molecule has 2 heteroatoms. The summed E-state index contributed by atoms with van der Waals surface area (Å²) in [6.45, 7) is 5.90. The highest BCUT2D eigenvalue weighted by Crippen LogP contribution is 2.26. The summed E-state index contributed by atoms with van der Waals surface area (Å²) in [5.41, 5.74) is 1.75. The first-order chi connectivity index (χ1) is 6.06. The molecule has 0 N–H and O–H groups in total. The van der Waals surface area contributed by atoms with Crippen LogP contribution in [0.2, 0.25) is 0 Å². The number of rotatable bonds is 2. The highest BCUT2D eigenvalue weighted by molar-refractivity contribution is 5.37. The van der Waals surface area contributed by atoms with Gasteiger partial charge in [0.05, 0.1) is 7.11 Å². The topological polar surface area (TPSA) is 9.23 Å². The fraction of sp³-hybridized carbons (Fsp3) is 0.455. The Morgan fingerprint density at radius 3 is 2.38 bits per heavy atom. The first-order valence-electron chi connectivity index (χ1n) is 4.40. The fourth-order valence-corrected chi connectivity index (χ4v) is 1.25. The van der Waals surface area contributed by atoms with Crippen LogP contribution in [-0.2, 0) is 0 Å². The van der Waals surface area contributed by atoms with E-state index in [0.29, 0.717) is 17.2 Å². The molecule has 1 aromatic rings. The van der Waals surface area contributed by atoms with Crippen molar-refractivity contribution in [2.75, 3.05) is 7.11 Å². The highest BCUT2D eigenvalue weighted by Gasteiger charge is 2.09. The van der Waals surface area contributed by atoms with Gasteiger partial charge in [-0.1, -0.05) is 19.9 Å². The van der Waals surface area contributed by atoms with Crippen LogP contribution in [0.3, 0.4) is 0 Å². The molecule has 0 saturated carbocycles. The number of halogens is 1. The minimum Gasteiger partial charge on any atom is -0.494 e. The summed E-state index contributed by atoms with van der Waals surface area (Å²) in [7, 11) is 1.49. The molecule has 0 aliphatic heterocycles. The zero-order valence-corrected chi connectivity index (χ0v) is 8.52. The summed E-state index contributed by atoms with van der Waals surface area (Å²) < 4.78 is 18.3. The number of benzene rings is 1. The van der Waals surface area contributed by atoms with Crippen molar-refractivity contribution in [3.63, 3.8) is 0 Å². The van der Waals surface area contributed by atoms with Gasteiger partial charge in [-0.25, -0.2) is 4.39 Å². The molecule has 1 nitrogen and oxygen atoms in total. The van der Waals surface area contributed by atoms with Gasteiger partial charge in [-0.05, 0) is 30.0 Å². The number of aryl methyl sites for hydroxylation is 1. The number of methoxy groups -OCH3 is 1. The summed E-state index contributed by atoms with van der Waals surface area (Å²) in [5.74, 6) is 0.476. The molecule has 72 valence electrons. The Morgan fingerprint density at radius 2 is 1.92 bits per heavy atom. The quantitative estimate of drug-likeness (QED) is 0.682. The molecule has 0 unspecified atom stereocenters. The lowest BCUT2D eigenvalue weighted by Gasteiger charge is -2.10. The fourth-order valence-electron chi connectivity index (χ4n) is 1.25. The lowest BCUT2D eigenvalue weighted by molar-refractivity contribution is 0.384. The summed E-state index contributed by atoms with van der Waals surface area (Å²) in [6.07, 6.45) is 0. The Kier molecular flexibility index (Phi) is 2.91. The van der Waals surface area contributed by atoms with Crippen LogP contribution >= 0.6 is 0 Å². The van der Waals surface area contributed by atoms with Gasteiger partial charge in [-0.3, -0.25) is 0 Å². The molecule has 0 amide bonds. The molecule has 0 aliphatic carbocycles. The molecule has 1 rings (SSSR count). The maximum Gasteiger partial charge on any atom is 0.167 e. The molecule has 0 heterocycles. The standard InChI is InChI=1S/C11H15FO/c1-7(2)9-5-8(3)11(12)10(6-9)13-4/h5-7H,1-4H3. The van der Waals surface area contributed by atoms with Gasteiger partial charge in [0, 0.05) is 0 Å². The summed E-state index contributed by atoms with van der Waals surface area (Å²) in [5, 5.41) is 0. The molecule has 0 atom stereocenters. The minimum atomic E-state index is -0.257. The Morgan fingerprint density at radius 1 is 1.31 bits per heavy atom. The van der Waals surface area contributed by atoms with Gasteiger partial charge in [0.25, 0.3) is 0 Å². The van der Waals surface area contributed by atoms with E-state index in [1.54, 1.807) is 13.0 Å². The molecule has 13 heavy (non-hydrogen) atoms.